The van der Waals surface area contributed by atoms with E-state index in [1.807, 2.05) is 28.5 Å². The van der Waals surface area contributed by atoms with Crippen molar-refractivity contribution in [3.63, 3.8) is 0 Å². The predicted octanol–water partition coefficient (Wildman–Crippen LogP) is 4.40. The van der Waals surface area contributed by atoms with Gasteiger partial charge < -0.3 is 14.4 Å². The number of amides is 1. The number of carbonyl (C=O) groups excluding carboxylic acids is 1. The first-order chi connectivity index (χ1) is 13.2. The van der Waals surface area contributed by atoms with Crippen LogP contribution >= 0.6 is 11.3 Å². The summed E-state index contributed by atoms with van der Waals surface area (Å²) in [5.74, 6) is 1.99. The zero-order chi connectivity index (χ0) is 18.8. The SMILES string of the molecule is COc1cccc(-c2nc(C(=O)N3CCC4CCCC=C4C3)cs2)c1OC. The molecular weight excluding hydrogens is 360 g/mol. The number of hydrogen-bond donors (Lipinski definition) is 0. The number of para-hydroxylation sites is 1. The average Bonchev–Trinajstić information content (AvgIpc) is 3.22. The molecule has 1 fully saturated rings. The Morgan fingerprint density at radius 3 is 2.96 bits per heavy atom. The Labute approximate surface area is 163 Å². The van der Waals surface area contributed by atoms with Crippen molar-refractivity contribution in [2.24, 2.45) is 5.92 Å². The third kappa shape index (κ3) is 3.46. The monoisotopic (exact) mass is 384 g/mol. The molecule has 1 aliphatic heterocycles. The molecule has 1 aromatic heterocycles. The van der Waals surface area contributed by atoms with E-state index in [1.165, 1.54) is 29.8 Å². The molecule has 2 heterocycles. The van der Waals surface area contributed by atoms with E-state index in [1.54, 1.807) is 14.2 Å². The fourth-order valence-corrected chi connectivity index (χ4v) is 4.84. The summed E-state index contributed by atoms with van der Waals surface area (Å²) in [5, 5.41) is 2.61. The number of ether oxygens (including phenoxy) is 2. The van der Waals surface area contributed by atoms with Gasteiger partial charge in [0.15, 0.2) is 11.5 Å². The highest BCUT2D eigenvalue weighted by Crippen LogP contribution is 2.39. The maximum atomic E-state index is 13.0. The van der Waals surface area contributed by atoms with E-state index < -0.39 is 0 Å². The van der Waals surface area contributed by atoms with Crippen molar-refractivity contribution >= 4 is 17.2 Å². The molecule has 5 nitrogen and oxygen atoms in total. The summed E-state index contributed by atoms with van der Waals surface area (Å²) in [6.45, 7) is 1.56. The lowest BCUT2D eigenvalue weighted by atomic mass is 9.82. The molecule has 142 valence electrons. The van der Waals surface area contributed by atoms with Crippen LogP contribution in [0.5, 0.6) is 11.5 Å². The highest BCUT2D eigenvalue weighted by atomic mass is 32.1. The minimum Gasteiger partial charge on any atom is -0.493 e. The van der Waals surface area contributed by atoms with Gasteiger partial charge in [-0.15, -0.1) is 11.3 Å². The Kier molecular flexibility index (Phi) is 5.16. The van der Waals surface area contributed by atoms with E-state index in [-0.39, 0.29) is 5.91 Å². The minimum atomic E-state index is 0.0179. The number of methoxy groups -OCH3 is 2. The molecule has 1 amide bonds. The second-order valence-electron chi connectivity index (χ2n) is 7.00. The molecule has 4 rings (SSSR count). The summed E-state index contributed by atoms with van der Waals surface area (Å²) < 4.78 is 10.9. The minimum absolute atomic E-state index is 0.0179. The fourth-order valence-electron chi connectivity index (χ4n) is 4.02. The van der Waals surface area contributed by atoms with E-state index in [2.05, 4.69) is 11.1 Å². The standard InChI is InChI=1S/C21H24N2O3S/c1-25-18-9-5-8-16(19(18)26-2)20-22-17(13-27-20)21(24)23-11-10-14-6-3-4-7-15(14)12-23/h5,7-9,13-14H,3-4,6,10-12H2,1-2H3. The molecule has 1 unspecified atom stereocenters. The van der Waals surface area contributed by atoms with E-state index in [0.29, 0.717) is 23.1 Å². The molecular formula is C21H24N2O3S. The maximum absolute atomic E-state index is 13.0. The number of hydrogen-bond acceptors (Lipinski definition) is 5. The van der Waals surface area contributed by atoms with E-state index in [4.69, 9.17) is 9.47 Å². The summed E-state index contributed by atoms with van der Waals surface area (Å²) in [4.78, 5) is 19.5. The number of allylic oxidation sites excluding steroid dienone is 1. The lowest BCUT2D eigenvalue weighted by Gasteiger charge is -2.36. The number of likely N-dealkylation sites (tertiary alicyclic amines) is 1. The van der Waals surface area contributed by atoms with Crippen LogP contribution in [0.25, 0.3) is 10.6 Å². The highest BCUT2D eigenvalue weighted by Gasteiger charge is 2.29. The van der Waals surface area contributed by atoms with Gasteiger partial charge >= 0.3 is 0 Å². The van der Waals surface area contributed by atoms with Gasteiger partial charge in [-0.1, -0.05) is 17.7 Å². The van der Waals surface area contributed by atoms with Crippen LogP contribution in [-0.4, -0.2) is 43.1 Å². The smallest absolute Gasteiger partial charge is 0.273 e. The van der Waals surface area contributed by atoms with Crippen LogP contribution in [0.3, 0.4) is 0 Å². The van der Waals surface area contributed by atoms with Crippen LogP contribution in [0.4, 0.5) is 0 Å². The zero-order valence-electron chi connectivity index (χ0n) is 15.7. The molecule has 2 aliphatic rings. The molecule has 27 heavy (non-hydrogen) atoms. The molecule has 0 spiro atoms. The van der Waals surface area contributed by atoms with Gasteiger partial charge in [0, 0.05) is 18.5 Å². The molecule has 1 aromatic carbocycles. The number of nitrogens with zero attached hydrogens (tertiary/aromatic N) is 2. The molecule has 1 aliphatic carbocycles. The van der Waals surface area contributed by atoms with Crippen molar-refractivity contribution < 1.29 is 14.3 Å². The third-order valence-electron chi connectivity index (χ3n) is 5.45. The summed E-state index contributed by atoms with van der Waals surface area (Å²) in [7, 11) is 3.23. The largest absolute Gasteiger partial charge is 0.493 e. The second-order valence-corrected chi connectivity index (χ2v) is 7.86. The van der Waals surface area contributed by atoms with Crippen LogP contribution in [0.15, 0.2) is 35.2 Å². The highest BCUT2D eigenvalue weighted by molar-refractivity contribution is 7.13. The molecule has 1 atom stereocenters. The number of thiazole rings is 1. The van der Waals surface area contributed by atoms with Crippen LogP contribution in [0.2, 0.25) is 0 Å². The van der Waals surface area contributed by atoms with Crippen molar-refractivity contribution in [2.45, 2.75) is 25.7 Å². The maximum Gasteiger partial charge on any atom is 0.273 e. The van der Waals surface area contributed by atoms with Gasteiger partial charge in [0.05, 0.1) is 19.8 Å². The van der Waals surface area contributed by atoms with Crippen molar-refractivity contribution in [2.75, 3.05) is 27.3 Å². The molecule has 0 radical (unpaired) electrons. The van der Waals surface area contributed by atoms with Gasteiger partial charge in [0.2, 0.25) is 0 Å². The van der Waals surface area contributed by atoms with E-state index >= 15 is 0 Å². The number of benzene rings is 1. The van der Waals surface area contributed by atoms with Crippen LogP contribution in [-0.2, 0) is 0 Å². The van der Waals surface area contributed by atoms with Crippen molar-refractivity contribution in [3.8, 4) is 22.1 Å². The molecule has 0 N–H and O–H groups in total. The van der Waals surface area contributed by atoms with E-state index in [9.17, 15) is 4.79 Å². The van der Waals surface area contributed by atoms with Gasteiger partial charge in [-0.2, -0.15) is 0 Å². The van der Waals surface area contributed by atoms with Crippen molar-refractivity contribution in [1.29, 1.82) is 0 Å². The molecule has 1 saturated heterocycles. The fraction of sp³-hybridized carbons (Fsp3) is 0.429. The van der Waals surface area contributed by atoms with Gasteiger partial charge in [0.1, 0.15) is 10.7 Å². The lowest BCUT2D eigenvalue weighted by molar-refractivity contribution is 0.0725. The summed E-state index contributed by atoms with van der Waals surface area (Å²) in [6, 6.07) is 5.69. The first-order valence-electron chi connectivity index (χ1n) is 9.36. The Morgan fingerprint density at radius 2 is 2.15 bits per heavy atom. The zero-order valence-corrected chi connectivity index (χ0v) is 16.6. The number of fused-ring (bicyclic) bond motifs is 1. The Balaban J connectivity index is 1.56. The Hall–Kier alpha value is -2.34. The first kappa shape index (κ1) is 18.0. The number of carbonyl (C=O) groups is 1. The lowest BCUT2D eigenvalue weighted by Crippen LogP contribution is -2.40. The molecule has 0 saturated carbocycles. The van der Waals surface area contributed by atoms with Crippen molar-refractivity contribution in [3.05, 3.63) is 40.9 Å². The summed E-state index contributed by atoms with van der Waals surface area (Å²) >= 11 is 1.46. The normalized spacial score (nSPS) is 19.3. The summed E-state index contributed by atoms with van der Waals surface area (Å²) in [6.07, 6.45) is 7.09. The van der Waals surface area contributed by atoms with Gasteiger partial charge in [0.25, 0.3) is 5.91 Å². The molecule has 0 bridgehead atoms. The van der Waals surface area contributed by atoms with Crippen molar-refractivity contribution in [1.82, 2.24) is 9.88 Å². The molecule has 6 heteroatoms. The van der Waals surface area contributed by atoms with Gasteiger partial charge in [-0.05, 0) is 43.7 Å². The number of rotatable bonds is 4. The average molecular weight is 385 g/mol. The van der Waals surface area contributed by atoms with Gasteiger partial charge in [-0.25, -0.2) is 4.98 Å². The Bertz CT molecular complexity index is 874. The topological polar surface area (TPSA) is 51.7 Å². The second kappa shape index (κ2) is 7.72. The molecule has 2 aromatic rings. The van der Waals surface area contributed by atoms with Crippen LogP contribution < -0.4 is 9.47 Å². The number of piperidine rings is 1. The van der Waals surface area contributed by atoms with Crippen LogP contribution in [0, 0.1) is 5.92 Å². The number of aromatic nitrogens is 1. The Morgan fingerprint density at radius 1 is 1.26 bits per heavy atom. The van der Waals surface area contributed by atoms with E-state index in [0.717, 1.165) is 36.5 Å². The van der Waals surface area contributed by atoms with Gasteiger partial charge in [-0.3, -0.25) is 4.79 Å². The van der Waals surface area contributed by atoms with Crippen LogP contribution in [0.1, 0.15) is 36.2 Å². The summed E-state index contributed by atoms with van der Waals surface area (Å²) in [5.41, 5.74) is 2.79. The quantitative estimate of drug-likeness (QED) is 0.733. The third-order valence-corrected chi connectivity index (χ3v) is 6.33. The first-order valence-corrected chi connectivity index (χ1v) is 10.2. The predicted molar refractivity (Wildman–Crippen MR) is 107 cm³/mol.